The molecule has 5 heteroatoms. The Labute approximate surface area is 128 Å². The zero-order valence-electron chi connectivity index (χ0n) is 12.7. The van der Waals surface area contributed by atoms with Crippen molar-refractivity contribution in [2.24, 2.45) is 11.7 Å². The molecular weight excluding hydrogens is 284 g/mol. The normalized spacial score (nSPS) is 16.9. The fourth-order valence-corrected chi connectivity index (χ4v) is 3.82. The van der Waals surface area contributed by atoms with Crippen molar-refractivity contribution in [3.8, 4) is 0 Å². The highest BCUT2D eigenvalue weighted by Crippen LogP contribution is 2.34. The van der Waals surface area contributed by atoms with Gasteiger partial charge in [-0.05, 0) is 55.8 Å². The molecule has 1 aromatic rings. The summed E-state index contributed by atoms with van der Waals surface area (Å²) in [6.07, 6.45) is 6.10. The van der Waals surface area contributed by atoms with E-state index in [4.69, 9.17) is 5.73 Å². The van der Waals surface area contributed by atoms with Crippen LogP contribution in [0.1, 0.15) is 44.6 Å². The van der Waals surface area contributed by atoms with E-state index in [9.17, 15) is 8.42 Å². The summed E-state index contributed by atoms with van der Waals surface area (Å²) in [7, 11) is -3.40. The van der Waals surface area contributed by atoms with Crippen molar-refractivity contribution < 1.29 is 8.42 Å². The van der Waals surface area contributed by atoms with Gasteiger partial charge in [-0.3, -0.25) is 0 Å². The number of nitrogens with two attached hydrogens (primary N) is 1. The molecule has 1 unspecified atom stereocenters. The Balaban J connectivity index is 2.00. The molecule has 1 fully saturated rings. The highest BCUT2D eigenvalue weighted by Gasteiger charge is 2.27. The van der Waals surface area contributed by atoms with Crippen LogP contribution in [0.3, 0.4) is 0 Å². The Morgan fingerprint density at radius 1 is 1.29 bits per heavy atom. The summed E-state index contributed by atoms with van der Waals surface area (Å²) in [5, 5.41) is 0. The number of hydrogen-bond donors (Lipinski definition) is 2. The quantitative estimate of drug-likeness (QED) is 0.736. The Morgan fingerprint density at radius 3 is 2.48 bits per heavy atom. The predicted molar refractivity (Wildman–Crippen MR) is 85.6 cm³/mol. The first kappa shape index (κ1) is 16.5. The molecule has 21 heavy (non-hydrogen) atoms. The van der Waals surface area contributed by atoms with Crippen LogP contribution in [0.2, 0.25) is 0 Å². The van der Waals surface area contributed by atoms with Gasteiger partial charge in [0.1, 0.15) is 0 Å². The Kier molecular flexibility index (Phi) is 5.79. The molecule has 3 N–H and O–H groups in total. The topological polar surface area (TPSA) is 72.2 Å². The molecular formula is C16H26N2O2S. The van der Waals surface area contributed by atoms with E-state index in [1.165, 1.54) is 12.8 Å². The Morgan fingerprint density at radius 2 is 1.95 bits per heavy atom. The van der Waals surface area contributed by atoms with E-state index in [1.54, 1.807) is 12.1 Å². The SMILES string of the molecule is CCC(CC1CC1)NS(=O)(=O)c1ccc(CCCN)cc1. The second kappa shape index (κ2) is 7.38. The van der Waals surface area contributed by atoms with Gasteiger partial charge >= 0.3 is 0 Å². The summed E-state index contributed by atoms with van der Waals surface area (Å²) >= 11 is 0. The summed E-state index contributed by atoms with van der Waals surface area (Å²) < 4.78 is 27.6. The Bertz CT molecular complexity index is 536. The van der Waals surface area contributed by atoms with Crippen LogP contribution in [-0.2, 0) is 16.4 Å². The van der Waals surface area contributed by atoms with Gasteiger partial charge in [-0.25, -0.2) is 13.1 Å². The number of benzene rings is 1. The van der Waals surface area contributed by atoms with Crippen LogP contribution in [0.25, 0.3) is 0 Å². The standard InChI is InChI=1S/C16H26N2O2S/c1-2-15(12-14-5-6-14)18-21(19,20)16-9-7-13(8-10-16)4-3-11-17/h7-10,14-15,18H,2-6,11-12,17H2,1H3. The molecule has 1 aromatic carbocycles. The fraction of sp³-hybridized carbons (Fsp3) is 0.625. The maximum atomic E-state index is 12.4. The third kappa shape index (κ3) is 5.09. The number of hydrogen-bond acceptors (Lipinski definition) is 3. The van der Waals surface area contributed by atoms with Crippen LogP contribution in [0.5, 0.6) is 0 Å². The molecule has 0 saturated heterocycles. The molecule has 0 bridgehead atoms. The molecule has 0 aromatic heterocycles. The summed E-state index contributed by atoms with van der Waals surface area (Å²) in [6.45, 7) is 2.69. The minimum atomic E-state index is -3.40. The van der Waals surface area contributed by atoms with Gasteiger partial charge < -0.3 is 5.73 Å². The van der Waals surface area contributed by atoms with Crippen molar-refractivity contribution in [2.45, 2.75) is 56.4 Å². The minimum absolute atomic E-state index is 0.0550. The second-order valence-corrected chi connectivity index (χ2v) is 7.66. The van der Waals surface area contributed by atoms with Gasteiger partial charge in [0.2, 0.25) is 10.0 Å². The van der Waals surface area contributed by atoms with Crippen molar-refractivity contribution in [1.29, 1.82) is 0 Å². The van der Waals surface area contributed by atoms with E-state index >= 15 is 0 Å². The molecule has 2 rings (SSSR count). The van der Waals surface area contributed by atoms with Gasteiger partial charge in [0, 0.05) is 6.04 Å². The number of nitrogens with one attached hydrogen (secondary N) is 1. The van der Waals surface area contributed by atoms with E-state index in [0.717, 1.165) is 37.2 Å². The van der Waals surface area contributed by atoms with Crippen LogP contribution in [0.15, 0.2) is 29.2 Å². The molecule has 1 saturated carbocycles. The highest BCUT2D eigenvalue weighted by molar-refractivity contribution is 7.89. The summed E-state index contributed by atoms with van der Waals surface area (Å²) in [5.74, 6) is 0.719. The van der Waals surface area contributed by atoms with Crippen LogP contribution in [-0.4, -0.2) is 21.0 Å². The minimum Gasteiger partial charge on any atom is -0.330 e. The second-order valence-electron chi connectivity index (χ2n) is 5.94. The molecule has 0 amide bonds. The number of aryl methyl sites for hydroxylation is 1. The lowest BCUT2D eigenvalue weighted by Crippen LogP contribution is -2.34. The smallest absolute Gasteiger partial charge is 0.240 e. The molecule has 1 atom stereocenters. The fourth-order valence-electron chi connectivity index (χ4n) is 2.48. The van der Waals surface area contributed by atoms with Gasteiger partial charge in [0.25, 0.3) is 0 Å². The molecule has 118 valence electrons. The first-order valence-corrected chi connectivity index (χ1v) is 9.34. The molecule has 0 radical (unpaired) electrons. The van der Waals surface area contributed by atoms with Gasteiger partial charge in [-0.15, -0.1) is 0 Å². The molecule has 0 aliphatic heterocycles. The van der Waals surface area contributed by atoms with Gasteiger partial charge in [0.15, 0.2) is 0 Å². The predicted octanol–water partition coefficient (Wildman–Crippen LogP) is 2.43. The van der Waals surface area contributed by atoms with E-state index in [0.29, 0.717) is 11.4 Å². The lowest BCUT2D eigenvalue weighted by atomic mass is 10.1. The van der Waals surface area contributed by atoms with Gasteiger partial charge in [-0.1, -0.05) is 31.9 Å². The van der Waals surface area contributed by atoms with Crippen molar-refractivity contribution >= 4 is 10.0 Å². The van der Waals surface area contributed by atoms with Gasteiger partial charge in [-0.2, -0.15) is 0 Å². The molecule has 0 heterocycles. The van der Waals surface area contributed by atoms with Crippen molar-refractivity contribution in [2.75, 3.05) is 6.54 Å². The lowest BCUT2D eigenvalue weighted by molar-refractivity contribution is 0.495. The first-order valence-electron chi connectivity index (χ1n) is 7.86. The van der Waals surface area contributed by atoms with E-state index < -0.39 is 10.0 Å². The van der Waals surface area contributed by atoms with Gasteiger partial charge in [0.05, 0.1) is 4.90 Å². The summed E-state index contributed by atoms with van der Waals surface area (Å²) in [5.41, 5.74) is 6.61. The molecule has 1 aliphatic carbocycles. The Hall–Kier alpha value is -0.910. The number of sulfonamides is 1. The van der Waals surface area contributed by atoms with E-state index in [1.807, 2.05) is 19.1 Å². The van der Waals surface area contributed by atoms with E-state index in [2.05, 4.69) is 4.72 Å². The summed E-state index contributed by atoms with van der Waals surface area (Å²) in [6, 6.07) is 7.20. The highest BCUT2D eigenvalue weighted by atomic mass is 32.2. The third-order valence-corrected chi connectivity index (χ3v) is 5.57. The first-order chi connectivity index (χ1) is 10.0. The third-order valence-electron chi connectivity index (χ3n) is 4.03. The van der Waals surface area contributed by atoms with Crippen molar-refractivity contribution in [3.05, 3.63) is 29.8 Å². The molecule has 0 spiro atoms. The monoisotopic (exact) mass is 310 g/mol. The van der Waals surface area contributed by atoms with Crippen LogP contribution in [0, 0.1) is 5.92 Å². The summed E-state index contributed by atoms with van der Waals surface area (Å²) in [4.78, 5) is 0.355. The zero-order chi connectivity index (χ0) is 15.3. The van der Waals surface area contributed by atoms with Crippen molar-refractivity contribution in [3.63, 3.8) is 0 Å². The average Bonchev–Trinajstić information content (AvgIpc) is 3.28. The molecule has 4 nitrogen and oxygen atoms in total. The van der Waals surface area contributed by atoms with E-state index in [-0.39, 0.29) is 6.04 Å². The lowest BCUT2D eigenvalue weighted by Gasteiger charge is -2.17. The number of rotatable bonds is 9. The molecule has 1 aliphatic rings. The maximum absolute atomic E-state index is 12.4. The van der Waals surface area contributed by atoms with Crippen LogP contribution >= 0.6 is 0 Å². The average molecular weight is 310 g/mol. The van der Waals surface area contributed by atoms with Crippen LogP contribution in [0.4, 0.5) is 0 Å². The van der Waals surface area contributed by atoms with Crippen LogP contribution < -0.4 is 10.5 Å². The van der Waals surface area contributed by atoms with Crippen molar-refractivity contribution in [1.82, 2.24) is 4.72 Å². The zero-order valence-corrected chi connectivity index (χ0v) is 13.5. The maximum Gasteiger partial charge on any atom is 0.240 e. The largest absolute Gasteiger partial charge is 0.330 e.